The van der Waals surface area contributed by atoms with Gasteiger partial charge in [0.15, 0.2) is 0 Å². The van der Waals surface area contributed by atoms with Gasteiger partial charge < -0.3 is 15.2 Å². The van der Waals surface area contributed by atoms with Crippen LogP contribution in [0.3, 0.4) is 0 Å². The van der Waals surface area contributed by atoms with Crippen molar-refractivity contribution in [1.82, 2.24) is 5.32 Å². The quantitative estimate of drug-likeness (QED) is 0.570. The van der Waals surface area contributed by atoms with Crippen molar-refractivity contribution < 1.29 is 19.0 Å². The number of carbonyl (C=O) groups is 1. The van der Waals surface area contributed by atoms with Crippen molar-refractivity contribution in [1.29, 1.82) is 0 Å². The van der Waals surface area contributed by atoms with E-state index in [0.717, 1.165) is 0 Å². The van der Waals surface area contributed by atoms with Gasteiger partial charge in [-0.3, -0.25) is 4.79 Å². The van der Waals surface area contributed by atoms with Gasteiger partial charge >= 0.3 is 5.97 Å². The SMILES string of the molecule is COC(=O)[C@H]1NCC2(F)C[C@@H](O)C[C@@H]12. The van der Waals surface area contributed by atoms with Gasteiger partial charge in [-0.25, -0.2) is 4.39 Å². The van der Waals surface area contributed by atoms with E-state index in [1.165, 1.54) is 7.11 Å². The van der Waals surface area contributed by atoms with E-state index in [1.807, 2.05) is 0 Å². The molecule has 0 aromatic heterocycles. The van der Waals surface area contributed by atoms with E-state index in [2.05, 4.69) is 10.1 Å². The molecule has 1 saturated carbocycles. The number of aliphatic hydroxyl groups excluding tert-OH is 1. The second-order valence-electron chi connectivity index (χ2n) is 4.12. The summed E-state index contributed by atoms with van der Waals surface area (Å²) in [5.41, 5.74) is -1.43. The standard InChI is InChI=1S/C9H14FNO3/c1-14-8(13)7-6-2-5(12)3-9(6,10)4-11-7/h5-7,11-12H,2-4H2,1H3/t5-,6-,7-,9?/m0/s1. The fourth-order valence-electron chi connectivity index (χ4n) is 2.57. The Hall–Kier alpha value is -0.680. The first-order valence-corrected chi connectivity index (χ1v) is 4.75. The fraction of sp³-hybridized carbons (Fsp3) is 0.889. The lowest BCUT2D eigenvalue weighted by Crippen LogP contribution is -2.37. The second-order valence-corrected chi connectivity index (χ2v) is 4.12. The Morgan fingerprint density at radius 3 is 3.07 bits per heavy atom. The summed E-state index contributed by atoms with van der Waals surface area (Å²) in [6.07, 6.45) is -0.166. The maximum absolute atomic E-state index is 14.1. The zero-order chi connectivity index (χ0) is 10.3. The Labute approximate surface area is 81.4 Å². The summed E-state index contributed by atoms with van der Waals surface area (Å²) in [6.45, 7) is 0.133. The first-order valence-electron chi connectivity index (χ1n) is 4.75. The van der Waals surface area contributed by atoms with Gasteiger partial charge in [-0.05, 0) is 6.42 Å². The van der Waals surface area contributed by atoms with Gasteiger partial charge in [0.2, 0.25) is 0 Å². The minimum atomic E-state index is -1.43. The molecule has 1 aliphatic heterocycles. The van der Waals surface area contributed by atoms with Crippen molar-refractivity contribution in [3.8, 4) is 0 Å². The molecule has 1 saturated heterocycles. The number of fused-ring (bicyclic) bond motifs is 1. The molecule has 14 heavy (non-hydrogen) atoms. The third kappa shape index (κ3) is 1.31. The lowest BCUT2D eigenvalue weighted by Gasteiger charge is -2.19. The molecular weight excluding hydrogens is 189 g/mol. The molecule has 4 atom stereocenters. The van der Waals surface area contributed by atoms with Gasteiger partial charge in [0.25, 0.3) is 0 Å². The van der Waals surface area contributed by atoms with Crippen molar-refractivity contribution in [3.63, 3.8) is 0 Å². The van der Waals surface area contributed by atoms with Crippen molar-refractivity contribution in [2.24, 2.45) is 5.92 Å². The molecule has 2 rings (SSSR count). The van der Waals surface area contributed by atoms with E-state index in [1.54, 1.807) is 0 Å². The number of methoxy groups -OCH3 is 1. The summed E-state index contributed by atoms with van der Waals surface area (Å²) < 4.78 is 18.6. The van der Waals surface area contributed by atoms with Crippen LogP contribution in [-0.4, -0.2) is 42.5 Å². The molecule has 5 heteroatoms. The van der Waals surface area contributed by atoms with Crippen molar-refractivity contribution >= 4 is 5.97 Å². The molecular formula is C9H14FNO3. The van der Waals surface area contributed by atoms with Crippen LogP contribution < -0.4 is 5.32 Å². The molecule has 0 aromatic carbocycles. The molecule has 2 aliphatic rings. The highest BCUT2D eigenvalue weighted by Crippen LogP contribution is 2.44. The zero-order valence-electron chi connectivity index (χ0n) is 8.00. The van der Waals surface area contributed by atoms with Gasteiger partial charge in [-0.1, -0.05) is 0 Å². The third-order valence-electron chi connectivity index (χ3n) is 3.24. The number of carbonyl (C=O) groups excluding carboxylic acids is 1. The highest BCUT2D eigenvalue weighted by molar-refractivity contribution is 5.77. The summed E-state index contributed by atoms with van der Waals surface area (Å²) in [6, 6.07) is -0.595. The second kappa shape index (κ2) is 3.17. The van der Waals surface area contributed by atoms with E-state index < -0.39 is 29.7 Å². The summed E-state index contributed by atoms with van der Waals surface area (Å²) in [5, 5.41) is 12.2. The van der Waals surface area contributed by atoms with E-state index >= 15 is 0 Å². The number of ether oxygens (including phenoxy) is 1. The minimum absolute atomic E-state index is 0.123. The molecule has 0 spiro atoms. The predicted octanol–water partition coefficient (Wildman–Crippen LogP) is -0.390. The Morgan fingerprint density at radius 1 is 1.71 bits per heavy atom. The van der Waals surface area contributed by atoms with Crippen molar-refractivity contribution in [2.45, 2.75) is 30.7 Å². The number of hydrogen-bond donors (Lipinski definition) is 2. The van der Waals surface area contributed by atoms with E-state index in [-0.39, 0.29) is 13.0 Å². The maximum atomic E-state index is 14.1. The number of aliphatic hydroxyl groups is 1. The smallest absolute Gasteiger partial charge is 0.323 e. The average Bonchev–Trinajstić information content (AvgIpc) is 2.56. The van der Waals surface area contributed by atoms with Crippen molar-refractivity contribution in [3.05, 3.63) is 0 Å². The molecule has 2 fully saturated rings. The molecule has 0 amide bonds. The number of alkyl halides is 1. The maximum Gasteiger partial charge on any atom is 0.323 e. The molecule has 1 heterocycles. The summed E-state index contributed by atoms with van der Waals surface area (Å²) >= 11 is 0. The van der Waals surface area contributed by atoms with E-state index in [4.69, 9.17) is 0 Å². The lowest BCUT2D eigenvalue weighted by molar-refractivity contribution is -0.144. The first kappa shape index (κ1) is 9.86. The summed E-state index contributed by atoms with van der Waals surface area (Å²) in [7, 11) is 1.29. The number of esters is 1. The molecule has 1 aliphatic carbocycles. The lowest BCUT2D eigenvalue weighted by atomic mass is 9.91. The number of rotatable bonds is 1. The largest absolute Gasteiger partial charge is 0.468 e. The van der Waals surface area contributed by atoms with Crippen LogP contribution in [0.25, 0.3) is 0 Å². The first-order chi connectivity index (χ1) is 6.57. The van der Waals surface area contributed by atoms with Gasteiger partial charge in [-0.15, -0.1) is 0 Å². The molecule has 80 valence electrons. The molecule has 0 aromatic rings. The average molecular weight is 203 g/mol. The summed E-state index contributed by atoms with van der Waals surface area (Å²) in [4.78, 5) is 11.3. The van der Waals surface area contributed by atoms with Crippen LogP contribution in [0, 0.1) is 5.92 Å². The molecule has 1 unspecified atom stereocenters. The zero-order valence-corrected chi connectivity index (χ0v) is 8.00. The highest BCUT2D eigenvalue weighted by atomic mass is 19.1. The predicted molar refractivity (Wildman–Crippen MR) is 46.4 cm³/mol. The van der Waals surface area contributed by atoms with Crippen LogP contribution in [-0.2, 0) is 9.53 Å². The minimum Gasteiger partial charge on any atom is -0.468 e. The van der Waals surface area contributed by atoms with Gasteiger partial charge in [0.1, 0.15) is 11.7 Å². The Kier molecular flexibility index (Phi) is 2.23. The molecule has 4 nitrogen and oxygen atoms in total. The van der Waals surface area contributed by atoms with Crippen LogP contribution in [0.1, 0.15) is 12.8 Å². The van der Waals surface area contributed by atoms with E-state index in [9.17, 15) is 14.3 Å². The summed E-state index contributed by atoms with van der Waals surface area (Å²) in [5.74, 6) is -0.881. The highest BCUT2D eigenvalue weighted by Gasteiger charge is 2.57. The number of hydrogen-bond acceptors (Lipinski definition) is 4. The molecule has 2 N–H and O–H groups in total. The van der Waals surface area contributed by atoms with Gasteiger partial charge in [0, 0.05) is 18.9 Å². The molecule has 0 bridgehead atoms. The van der Waals surface area contributed by atoms with Crippen molar-refractivity contribution in [2.75, 3.05) is 13.7 Å². The van der Waals surface area contributed by atoms with Gasteiger partial charge in [-0.2, -0.15) is 0 Å². The third-order valence-corrected chi connectivity index (χ3v) is 3.24. The Balaban J connectivity index is 2.15. The van der Waals surface area contributed by atoms with Gasteiger partial charge in [0.05, 0.1) is 13.2 Å². The monoisotopic (exact) mass is 203 g/mol. The van der Waals surface area contributed by atoms with Crippen LogP contribution in [0.5, 0.6) is 0 Å². The van der Waals surface area contributed by atoms with Crippen LogP contribution in [0.15, 0.2) is 0 Å². The number of nitrogens with one attached hydrogen (secondary N) is 1. The Bertz CT molecular complexity index is 260. The Morgan fingerprint density at radius 2 is 2.43 bits per heavy atom. The van der Waals surface area contributed by atoms with Crippen LogP contribution in [0.2, 0.25) is 0 Å². The molecule has 0 radical (unpaired) electrons. The topological polar surface area (TPSA) is 58.6 Å². The van der Waals surface area contributed by atoms with E-state index in [0.29, 0.717) is 6.42 Å². The normalized spacial score (nSPS) is 46.4. The van der Waals surface area contributed by atoms with Crippen LogP contribution in [0.4, 0.5) is 4.39 Å². The fourth-order valence-corrected chi connectivity index (χ4v) is 2.57. The number of halogens is 1. The van der Waals surface area contributed by atoms with Crippen LogP contribution >= 0.6 is 0 Å².